The summed E-state index contributed by atoms with van der Waals surface area (Å²) >= 11 is 0. The lowest BCUT2D eigenvalue weighted by Crippen LogP contribution is -2.33. The second-order valence-corrected chi connectivity index (χ2v) is 6.41. The van der Waals surface area contributed by atoms with Gasteiger partial charge in [-0.1, -0.05) is 51.8 Å². The van der Waals surface area contributed by atoms with E-state index in [0.29, 0.717) is 6.54 Å². The molecule has 0 bridgehead atoms. The van der Waals surface area contributed by atoms with Crippen LogP contribution in [0, 0.1) is 11.7 Å². The van der Waals surface area contributed by atoms with Crippen molar-refractivity contribution in [2.75, 3.05) is 6.54 Å². The molecule has 1 N–H and O–H groups in total. The van der Waals surface area contributed by atoms with Crippen molar-refractivity contribution in [3.05, 3.63) is 47.0 Å². The number of carbonyl (C=O) groups excluding carboxylic acids is 2. The zero-order valence-corrected chi connectivity index (χ0v) is 14.4. The van der Waals surface area contributed by atoms with E-state index in [9.17, 15) is 19.1 Å². The van der Waals surface area contributed by atoms with Crippen LogP contribution >= 0.6 is 0 Å². The first-order chi connectivity index (χ1) is 11.4. The van der Waals surface area contributed by atoms with Gasteiger partial charge in [0.25, 0.3) is 5.91 Å². The molecule has 130 valence electrons. The van der Waals surface area contributed by atoms with E-state index in [2.05, 4.69) is 0 Å². The summed E-state index contributed by atoms with van der Waals surface area (Å²) in [5, 5.41) is 10.3. The number of unbranched alkanes of at least 4 members (excludes halogenated alkanes) is 2. The highest BCUT2D eigenvalue weighted by molar-refractivity contribution is 6.09. The average Bonchev–Trinajstić information content (AvgIpc) is 2.79. The third kappa shape index (κ3) is 3.35. The number of aliphatic hydroxyl groups excluding tert-OH is 1. The fourth-order valence-electron chi connectivity index (χ4n) is 3.00. The standard InChI is InChI=1S/C19H24FNO3/c1-4-5-8-11-21-16(13-9-6-7-10-14(13)20)15(17(22)12(2)3)18(23)19(21)24/h6-7,9-10,12,16,23H,4-5,8,11H2,1-3H3. The molecule has 0 aliphatic carbocycles. The van der Waals surface area contributed by atoms with Crippen LogP contribution in [0.1, 0.15) is 51.6 Å². The molecule has 0 radical (unpaired) electrons. The van der Waals surface area contributed by atoms with E-state index in [1.54, 1.807) is 32.0 Å². The van der Waals surface area contributed by atoms with Gasteiger partial charge in [0.05, 0.1) is 11.6 Å². The zero-order valence-electron chi connectivity index (χ0n) is 14.4. The molecule has 1 heterocycles. The third-order valence-corrected chi connectivity index (χ3v) is 4.30. The van der Waals surface area contributed by atoms with Gasteiger partial charge in [0, 0.05) is 18.0 Å². The molecule has 1 atom stereocenters. The monoisotopic (exact) mass is 333 g/mol. The second-order valence-electron chi connectivity index (χ2n) is 6.41. The quantitative estimate of drug-likeness (QED) is 0.769. The summed E-state index contributed by atoms with van der Waals surface area (Å²) in [7, 11) is 0. The van der Waals surface area contributed by atoms with E-state index >= 15 is 0 Å². The molecule has 1 amide bonds. The number of rotatable bonds is 7. The van der Waals surface area contributed by atoms with Crippen LogP contribution in [0.5, 0.6) is 0 Å². The summed E-state index contributed by atoms with van der Waals surface area (Å²) in [5.74, 6) is -2.34. The van der Waals surface area contributed by atoms with E-state index in [1.165, 1.54) is 11.0 Å². The minimum absolute atomic E-state index is 0.0107. The maximum absolute atomic E-state index is 14.3. The van der Waals surface area contributed by atoms with Crippen LogP contribution in [0.2, 0.25) is 0 Å². The van der Waals surface area contributed by atoms with Crippen LogP contribution in [0.15, 0.2) is 35.6 Å². The lowest BCUT2D eigenvalue weighted by Gasteiger charge is -2.27. The minimum atomic E-state index is -0.856. The number of carbonyl (C=O) groups is 2. The van der Waals surface area contributed by atoms with E-state index in [1.807, 2.05) is 6.92 Å². The van der Waals surface area contributed by atoms with E-state index < -0.39 is 23.5 Å². The summed E-state index contributed by atoms with van der Waals surface area (Å²) in [5.41, 5.74) is 0.256. The molecule has 1 aliphatic rings. The van der Waals surface area contributed by atoms with Crippen molar-refractivity contribution in [2.24, 2.45) is 5.92 Å². The number of benzene rings is 1. The topological polar surface area (TPSA) is 57.6 Å². The highest BCUT2D eigenvalue weighted by Crippen LogP contribution is 2.39. The molecule has 1 unspecified atom stereocenters. The normalized spacial score (nSPS) is 18.0. The van der Waals surface area contributed by atoms with Gasteiger partial charge in [0.2, 0.25) is 0 Å². The van der Waals surface area contributed by atoms with Crippen LogP contribution in [0.25, 0.3) is 0 Å². The lowest BCUT2D eigenvalue weighted by molar-refractivity contribution is -0.129. The fourth-order valence-corrected chi connectivity index (χ4v) is 3.00. The maximum Gasteiger partial charge on any atom is 0.290 e. The number of amides is 1. The van der Waals surface area contributed by atoms with Crippen LogP contribution in [0.4, 0.5) is 4.39 Å². The molecule has 1 aromatic carbocycles. The van der Waals surface area contributed by atoms with Crippen molar-refractivity contribution in [1.82, 2.24) is 4.90 Å². The molecule has 5 heteroatoms. The molecule has 4 nitrogen and oxygen atoms in total. The number of aliphatic hydroxyl groups is 1. The van der Waals surface area contributed by atoms with Crippen molar-refractivity contribution in [1.29, 1.82) is 0 Å². The second kappa shape index (κ2) is 7.60. The number of Topliss-reactive ketones (excluding diaryl/α,β-unsaturated/α-hetero) is 1. The molecular weight excluding hydrogens is 309 g/mol. The fraction of sp³-hybridized carbons (Fsp3) is 0.474. The molecule has 1 aliphatic heterocycles. The first kappa shape index (κ1) is 18.2. The summed E-state index contributed by atoms with van der Waals surface area (Å²) < 4.78 is 14.3. The smallest absolute Gasteiger partial charge is 0.290 e. The number of nitrogens with zero attached hydrogens (tertiary/aromatic N) is 1. The number of halogens is 1. The van der Waals surface area contributed by atoms with Gasteiger partial charge < -0.3 is 10.0 Å². The number of hydrogen-bond donors (Lipinski definition) is 1. The molecule has 0 spiro atoms. The van der Waals surface area contributed by atoms with Crippen molar-refractivity contribution in [3.8, 4) is 0 Å². The van der Waals surface area contributed by atoms with Gasteiger partial charge in [0.1, 0.15) is 5.82 Å². The molecule has 0 saturated carbocycles. The summed E-state index contributed by atoms with van der Waals surface area (Å²) in [6, 6.07) is 5.23. The molecular formula is C19H24FNO3. The number of ketones is 1. The van der Waals surface area contributed by atoms with Crippen LogP contribution in [-0.2, 0) is 9.59 Å². The molecule has 2 rings (SSSR count). The van der Waals surface area contributed by atoms with Gasteiger partial charge >= 0.3 is 0 Å². The molecule has 0 saturated heterocycles. The van der Waals surface area contributed by atoms with E-state index in [-0.39, 0.29) is 22.8 Å². The molecule has 0 fully saturated rings. The van der Waals surface area contributed by atoms with Crippen LogP contribution in [-0.4, -0.2) is 28.2 Å². The van der Waals surface area contributed by atoms with Crippen LogP contribution in [0.3, 0.4) is 0 Å². The summed E-state index contributed by atoms with van der Waals surface area (Å²) in [4.78, 5) is 26.4. The number of hydrogen-bond acceptors (Lipinski definition) is 3. The van der Waals surface area contributed by atoms with Gasteiger partial charge in [-0.3, -0.25) is 9.59 Å². The molecule has 0 aromatic heterocycles. The Kier molecular flexibility index (Phi) is 5.75. The van der Waals surface area contributed by atoms with Crippen molar-refractivity contribution in [3.63, 3.8) is 0 Å². The Morgan fingerprint density at radius 1 is 1.29 bits per heavy atom. The SMILES string of the molecule is CCCCCN1C(=O)C(O)=C(C(=O)C(C)C)C1c1ccccc1F. The van der Waals surface area contributed by atoms with Crippen molar-refractivity contribution < 1.29 is 19.1 Å². The van der Waals surface area contributed by atoms with Gasteiger partial charge in [-0.25, -0.2) is 4.39 Å². The van der Waals surface area contributed by atoms with Gasteiger partial charge in [-0.05, 0) is 12.5 Å². The Labute approximate surface area is 142 Å². The Morgan fingerprint density at radius 2 is 1.96 bits per heavy atom. The molecule has 24 heavy (non-hydrogen) atoms. The Hall–Kier alpha value is -2.17. The zero-order chi connectivity index (χ0) is 17.9. The van der Waals surface area contributed by atoms with Gasteiger partial charge in [0.15, 0.2) is 11.5 Å². The Bertz CT molecular complexity index is 666. The Morgan fingerprint density at radius 3 is 2.54 bits per heavy atom. The van der Waals surface area contributed by atoms with Gasteiger partial charge in [-0.2, -0.15) is 0 Å². The van der Waals surface area contributed by atoms with Crippen molar-refractivity contribution in [2.45, 2.75) is 46.1 Å². The summed E-state index contributed by atoms with van der Waals surface area (Å²) in [6.07, 6.45) is 2.63. The highest BCUT2D eigenvalue weighted by atomic mass is 19.1. The predicted molar refractivity (Wildman–Crippen MR) is 89.9 cm³/mol. The highest BCUT2D eigenvalue weighted by Gasteiger charge is 2.44. The lowest BCUT2D eigenvalue weighted by atomic mass is 9.91. The Balaban J connectivity index is 2.49. The largest absolute Gasteiger partial charge is 0.503 e. The van der Waals surface area contributed by atoms with Crippen molar-refractivity contribution >= 4 is 11.7 Å². The molecule has 1 aromatic rings. The van der Waals surface area contributed by atoms with Gasteiger partial charge in [-0.15, -0.1) is 0 Å². The average molecular weight is 333 g/mol. The van der Waals surface area contributed by atoms with E-state index in [0.717, 1.165) is 19.3 Å². The third-order valence-electron chi connectivity index (χ3n) is 4.30. The van der Waals surface area contributed by atoms with E-state index in [4.69, 9.17) is 0 Å². The first-order valence-corrected chi connectivity index (χ1v) is 8.42. The minimum Gasteiger partial charge on any atom is -0.503 e. The first-order valence-electron chi connectivity index (χ1n) is 8.42. The maximum atomic E-state index is 14.3. The summed E-state index contributed by atoms with van der Waals surface area (Å²) in [6.45, 7) is 5.82. The predicted octanol–water partition coefficient (Wildman–Crippen LogP) is 3.94. The van der Waals surface area contributed by atoms with Crippen LogP contribution < -0.4 is 0 Å².